The summed E-state index contributed by atoms with van der Waals surface area (Å²) in [4.78, 5) is 0. The standard InChI is InChI=1S/C8H20ClSi2.C5H5.2CH3.Zr/c1-5-6-7-11(4)8(2,3)10-9;1-2-4-5-3-1;;;/h5-7,10H2,1-4H3;1-3H,4H2;2*1H3;/q;3*-1;+3. The summed E-state index contributed by atoms with van der Waals surface area (Å²) in [6.07, 6.45) is 12.7. The van der Waals surface area contributed by atoms with Gasteiger partial charge >= 0.3 is 26.2 Å². The summed E-state index contributed by atoms with van der Waals surface area (Å²) < 4.78 is 0.557. The SMILES string of the molecule is CCCC[Si](C)C(C)(C)[SiH2]Cl.[C-]1=CC=CC1.[CH3-].[CH3-].[Zr+3]. The number of hydrogen-bond donors (Lipinski definition) is 0. The molecule has 0 amide bonds. The van der Waals surface area contributed by atoms with Crippen molar-refractivity contribution in [2.75, 3.05) is 0 Å². The van der Waals surface area contributed by atoms with E-state index in [1.807, 2.05) is 12.2 Å². The van der Waals surface area contributed by atoms with Crippen LogP contribution in [0.4, 0.5) is 0 Å². The molecule has 0 atom stereocenters. The van der Waals surface area contributed by atoms with Gasteiger partial charge in [-0.3, -0.25) is 6.08 Å². The van der Waals surface area contributed by atoms with Gasteiger partial charge in [0.2, 0.25) is 0 Å². The summed E-state index contributed by atoms with van der Waals surface area (Å²) in [6.45, 7) is 9.42. The van der Waals surface area contributed by atoms with Gasteiger partial charge in [-0.15, -0.1) is 6.42 Å². The van der Waals surface area contributed by atoms with Crippen molar-refractivity contribution in [3.63, 3.8) is 0 Å². The van der Waals surface area contributed by atoms with E-state index >= 15 is 0 Å². The van der Waals surface area contributed by atoms with E-state index in [0.717, 1.165) is 6.42 Å². The van der Waals surface area contributed by atoms with Crippen LogP contribution in [0.25, 0.3) is 0 Å². The molecule has 0 fully saturated rings. The monoisotopic (exact) mass is 392 g/mol. The summed E-state index contributed by atoms with van der Waals surface area (Å²) in [5, 5.41) is 0. The third-order valence-electron chi connectivity index (χ3n) is 2.98. The molecule has 0 aliphatic heterocycles. The van der Waals surface area contributed by atoms with Crippen LogP contribution >= 0.6 is 11.1 Å². The topological polar surface area (TPSA) is 0 Å². The fraction of sp³-hybridized carbons (Fsp3) is 0.600. The van der Waals surface area contributed by atoms with Crippen LogP contribution in [0.2, 0.25) is 17.3 Å². The molecule has 0 saturated carbocycles. The largest absolute Gasteiger partial charge is 3.00 e. The Morgan fingerprint density at radius 3 is 2.21 bits per heavy atom. The minimum Gasteiger partial charge on any atom is -0.358 e. The van der Waals surface area contributed by atoms with Crippen molar-refractivity contribution in [2.45, 2.75) is 57.3 Å². The number of rotatable bonds is 5. The van der Waals surface area contributed by atoms with E-state index in [4.69, 9.17) is 11.1 Å². The maximum atomic E-state index is 6.03. The Bertz CT molecular complexity index is 218. The van der Waals surface area contributed by atoms with E-state index in [-0.39, 0.29) is 58.7 Å². The maximum absolute atomic E-state index is 6.03. The van der Waals surface area contributed by atoms with E-state index in [1.54, 1.807) is 0 Å². The molecule has 0 aromatic heterocycles. The predicted octanol–water partition coefficient (Wildman–Crippen LogP) is 5.18. The molecule has 0 bridgehead atoms. The minimum absolute atomic E-state index is 0. The molecule has 0 unspecified atom stereocenters. The molecule has 1 aliphatic rings. The van der Waals surface area contributed by atoms with Gasteiger partial charge in [-0.05, 0) is 4.66 Å². The molecular weight excluding hydrogens is 363 g/mol. The first-order valence-corrected chi connectivity index (χ1v) is 11.2. The summed E-state index contributed by atoms with van der Waals surface area (Å²) in [5.74, 6) is 0. The van der Waals surface area contributed by atoms with Crippen molar-refractivity contribution >= 4 is 28.7 Å². The smallest absolute Gasteiger partial charge is 0.358 e. The van der Waals surface area contributed by atoms with Crippen molar-refractivity contribution in [1.29, 1.82) is 0 Å². The zero-order valence-corrected chi connectivity index (χ0v) is 19.3. The van der Waals surface area contributed by atoms with Crippen LogP contribution in [0.3, 0.4) is 0 Å². The Kier molecular flexibility index (Phi) is 25.5. The van der Waals surface area contributed by atoms with Crippen molar-refractivity contribution in [3.8, 4) is 0 Å². The normalized spacial score (nSPS) is 12.5. The molecule has 0 N–H and O–H groups in total. The molecule has 0 spiro atoms. The van der Waals surface area contributed by atoms with E-state index in [0.29, 0.717) is 4.66 Å². The number of hydrogen-bond acceptors (Lipinski definition) is 0. The van der Waals surface area contributed by atoms with E-state index < -0.39 is 0 Å². The van der Waals surface area contributed by atoms with Crippen LogP contribution < -0.4 is 0 Å². The van der Waals surface area contributed by atoms with Gasteiger partial charge in [-0.1, -0.05) is 46.2 Å². The Morgan fingerprint density at radius 1 is 1.37 bits per heavy atom. The van der Waals surface area contributed by atoms with Crippen LogP contribution in [0.5, 0.6) is 0 Å². The second kappa shape index (κ2) is 17.1. The van der Waals surface area contributed by atoms with Crippen LogP contribution in [-0.2, 0) is 26.2 Å². The van der Waals surface area contributed by atoms with Gasteiger partial charge in [0, 0.05) is 8.80 Å². The number of allylic oxidation sites excluding steroid dienone is 4. The van der Waals surface area contributed by atoms with E-state index in [9.17, 15) is 0 Å². The third-order valence-corrected chi connectivity index (χ3v) is 12.1. The van der Waals surface area contributed by atoms with Crippen LogP contribution in [0.1, 0.15) is 40.0 Å². The van der Waals surface area contributed by atoms with Gasteiger partial charge in [0.1, 0.15) is 8.83 Å². The minimum atomic E-state index is -0.316. The van der Waals surface area contributed by atoms with Crippen molar-refractivity contribution in [2.24, 2.45) is 0 Å². The average molecular weight is 394 g/mol. The quantitative estimate of drug-likeness (QED) is 0.343. The fourth-order valence-electron chi connectivity index (χ4n) is 1.23. The molecule has 2 radical (unpaired) electrons. The zero-order valence-electron chi connectivity index (χ0n) is 13.6. The first-order valence-electron chi connectivity index (χ1n) is 6.15. The Morgan fingerprint density at radius 2 is 1.95 bits per heavy atom. The van der Waals surface area contributed by atoms with Gasteiger partial charge in [0.25, 0.3) is 0 Å². The van der Waals surface area contributed by atoms with Crippen LogP contribution in [0, 0.1) is 20.9 Å². The van der Waals surface area contributed by atoms with Crippen molar-refractivity contribution in [1.82, 2.24) is 0 Å². The van der Waals surface area contributed by atoms with Gasteiger partial charge in [0.15, 0.2) is 0 Å². The summed E-state index contributed by atoms with van der Waals surface area (Å²) in [7, 11) is -0.466. The molecule has 1 rings (SSSR count). The molecule has 110 valence electrons. The molecule has 0 aromatic rings. The fourth-order valence-corrected chi connectivity index (χ4v) is 6.29. The maximum Gasteiger partial charge on any atom is 3.00 e. The molecule has 1 aliphatic carbocycles. The molecule has 4 heteroatoms. The van der Waals surface area contributed by atoms with Crippen LogP contribution in [-0.4, -0.2) is 17.6 Å². The van der Waals surface area contributed by atoms with Crippen molar-refractivity contribution in [3.05, 3.63) is 39.2 Å². The Balaban J connectivity index is -0.000000121. The molecule has 19 heavy (non-hydrogen) atoms. The summed E-state index contributed by atoms with van der Waals surface area (Å²) in [6, 6.07) is 1.45. The van der Waals surface area contributed by atoms with E-state index in [2.05, 4.69) is 39.5 Å². The molecular formula is C15H31ClSi2Zr. The molecule has 0 saturated heterocycles. The van der Waals surface area contributed by atoms with Crippen molar-refractivity contribution < 1.29 is 26.2 Å². The Labute approximate surface area is 150 Å². The van der Waals surface area contributed by atoms with E-state index in [1.165, 1.54) is 18.9 Å². The van der Waals surface area contributed by atoms with Gasteiger partial charge < -0.3 is 14.9 Å². The second-order valence-electron chi connectivity index (χ2n) is 4.90. The van der Waals surface area contributed by atoms with Crippen LogP contribution in [0.15, 0.2) is 18.2 Å². The number of unbranched alkanes of at least 4 members (excludes halogenated alkanes) is 1. The second-order valence-corrected chi connectivity index (χ2v) is 11.9. The first-order chi connectivity index (χ1) is 7.54. The predicted molar refractivity (Wildman–Crippen MR) is 94.2 cm³/mol. The first kappa shape index (κ1) is 28.3. The number of halogens is 1. The Hall–Kier alpha value is 1.09. The molecule has 0 heterocycles. The summed E-state index contributed by atoms with van der Waals surface area (Å²) in [5.41, 5.74) is 0. The summed E-state index contributed by atoms with van der Waals surface area (Å²) >= 11 is 6.03. The van der Waals surface area contributed by atoms with Gasteiger partial charge in [-0.25, -0.2) is 12.2 Å². The third kappa shape index (κ3) is 15.3. The zero-order chi connectivity index (χ0) is 12.4. The van der Waals surface area contributed by atoms with Gasteiger partial charge in [0.05, 0.1) is 0 Å². The van der Waals surface area contributed by atoms with Gasteiger partial charge in [-0.2, -0.15) is 17.2 Å². The molecule has 0 nitrogen and oxygen atoms in total. The average Bonchev–Trinajstić information content (AvgIpc) is 2.84. The molecule has 0 aromatic carbocycles.